The summed E-state index contributed by atoms with van der Waals surface area (Å²) in [5, 5.41) is 12.3. The molecule has 0 spiro atoms. The van der Waals surface area contributed by atoms with Crippen molar-refractivity contribution in [3.8, 4) is 6.07 Å². The lowest BCUT2D eigenvalue weighted by Gasteiger charge is -2.13. The second kappa shape index (κ2) is 8.43. The molecule has 3 rings (SSSR count). The van der Waals surface area contributed by atoms with Gasteiger partial charge in [0.05, 0.1) is 33.3 Å². The van der Waals surface area contributed by atoms with E-state index in [0.717, 1.165) is 15.2 Å². The Hall–Kier alpha value is -3.24. The topological polar surface area (TPSA) is 92.1 Å². The number of nitriles is 1. The molecule has 0 radical (unpaired) electrons. The van der Waals surface area contributed by atoms with Gasteiger partial charge in [-0.15, -0.1) is 11.3 Å². The monoisotopic (exact) mass is 379 g/mol. The summed E-state index contributed by atoms with van der Waals surface area (Å²) in [6, 6.07) is 16.3. The van der Waals surface area contributed by atoms with Crippen LogP contribution in [0.4, 0.5) is 5.69 Å². The lowest BCUT2D eigenvalue weighted by Crippen LogP contribution is -2.30. The van der Waals surface area contributed by atoms with Crippen LogP contribution in [0.5, 0.6) is 0 Å². The third kappa shape index (κ3) is 4.90. The number of aromatic nitrogens is 1. The average molecular weight is 379 g/mol. The summed E-state index contributed by atoms with van der Waals surface area (Å²) in [7, 11) is 0. The van der Waals surface area contributed by atoms with Gasteiger partial charge in [-0.25, -0.2) is 4.98 Å². The molecular weight excluding hydrogens is 362 g/mol. The van der Waals surface area contributed by atoms with Crippen molar-refractivity contribution in [2.75, 3.05) is 5.32 Å². The molecule has 0 unspecified atom stereocenters. The molecule has 1 aromatic heterocycles. The highest BCUT2D eigenvalue weighted by atomic mass is 32.1. The first kappa shape index (κ1) is 18.5. The smallest absolute Gasteiger partial charge is 0.306 e. The van der Waals surface area contributed by atoms with Crippen LogP contribution in [0.25, 0.3) is 10.2 Å². The van der Waals surface area contributed by atoms with Gasteiger partial charge in [-0.1, -0.05) is 12.1 Å². The number of nitrogens with zero attached hydrogens (tertiary/aromatic N) is 2. The second-order valence-corrected chi connectivity index (χ2v) is 7.00. The lowest BCUT2D eigenvalue weighted by atomic mass is 10.2. The number of benzene rings is 2. The molecule has 0 saturated heterocycles. The van der Waals surface area contributed by atoms with Crippen LogP contribution in [0.3, 0.4) is 0 Å². The number of rotatable bonds is 6. The van der Waals surface area contributed by atoms with Gasteiger partial charge in [0.1, 0.15) is 0 Å². The Bertz CT molecular complexity index is 972. The van der Waals surface area contributed by atoms with Gasteiger partial charge in [0.15, 0.2) is 6.10 Å². The molecule has 0 aliphatic heterocycles. The molecule has 0 aliphatic rings. The number of hydrogen-bond donors (Lipinski definition) is 1. The first-order valence-electron chi connectivity index (χ1n) is 8.40. The Morgan fingerprint density at radius 3 is 2.67 bits per heavy atom. The van der Waals surface area contributed by atoms with Gasteiger partial charge >= 0.3 is 5.97 Å². The molecule has 3 aromatic rings. The van der Waals surface area contributed by atoms with Crippen molar-refractivity contribution >= 4 is 39.1 Å². The highest BCUT2D eigenvalue weighted by molar-refractivity contribution is 7.18. The molecule has 0 aliphatic carbocycles. The standard InChI is InChI=1S/C20H17N3O3S/c1-13(20(25)22-15-8-6-14(12-21)7-9-15)26-19(24)11-10-18-23-16-4-2-3-5-17(16)27-18/h2-9,13H,10-11H2,1H3,(H,22,25)/t13-/m1/s1. The number of aryl methyl sites for hydroxylation is 1. The van der Waals surface area contributed by atoms with Crippen LogP contribution in [0, 0.1) is 11.3 Å². The van der Waals surface area contributed by atoms with E-state index < -0.39 is 18.0 Å². The zero-order valence-corrected chi connectivity index (χ0v) is 15.5. The molecule has 136 valence electrons. The summed E-state index contributed by atoms with van der Waals surface area (Å²) >= 11 is 1.55. The van der Waals surface area contributed by atoms with Gasteiger partial charge in [-0.05, 0) is 43.3 Å². The summed E-state index contributed by atoms with van der Waals surface area (Å²) in [6.45, 7) is 1.52. The summed E-state index contributed by atoms with van der Waals surface area (Å²) in [5.74, 6) is -0.871. The number of esters is 1. The van der Waals surface area contributed by atoms with E-state index in [9.17, 15) is 9.59 Å². The minimum atomic E-state index is -0.913. The van der Waals surface area contributed by atoms with Crippen molar-refractivity contribution in [3.05, 3.63) is 59.1 Å². The second-order valence-electron chi connectivity index (χ2n) is 5.89. The van der Waals surface area contributed by atoms with Crippen molar-refractivity contribution in [1.82, 2.24) is 4.98 Å². The molecule has 1 amide bonds. The summed E-state index contributed by atoms with van der Waals surface area (Å²) in [4.78, 5) is 28.6. The fourth-order valence-corrected chi connectivity index (χ4v) is 3.38. The van der Waals surface area contributed by atoms with E-state index in [4.69, 9.17) is 10.00 Å². The molecule has 2 aromatic carbocycles. The van der Waals surface area contributed by atoms with Crippen molar-refractivity contribution in [2.24, 2.45) is 0 Å². The predicted molar refractivity (Wildman–Crippen MR) is 103 cm³/mol. The number of carbonyl (C=O) groups is 2. The summed E-state index contributed by atoms with van der Waals surface area (Å²) < 4.78 is 6.28. The van der Waals surface area contributed by atoms with Crippen LogP contribution in [0.2, 0.25) is 0 Å². The van der Waals surface area contributed by atoms with Crippen LogP contribution in [-0.4, -0.2) is 23.0 Å². The van der Waals surface area contributed by atoms with Crippen molar-refractivity contribution < 1.29 is 14.3 Å². The zero-order chi connectivity index (χ0) is 19.2. The van der Waals surface area contributed by atoms with Crippen LogP contribution in [0.1, 0.15) is 23.9 Å². The number of hydrogen-bond acceptors (Lipinski definition) is 6. The van der Waals surface area contributed by atoms with E-state index >= 15 is 0 Å². The highest BCUT2D eigenvalue weighted by Gasteiger charge is 2.18. The number of carbonyl (C=O) groups excluding carboxylic acids is 2. The Morgan fingerprint density at radius 2 is 1.96 bits per heavy atom. The van der Waals surface area contributed by atoms with E-state index in [-0.39, 0.29) is 6.42 Å². The molecule has 0 fully saturated rings. The highest BCUT2D eigenvalue weighted by Crippen LogP contribution is 2.22. The number of amides is 1. The molecule has 7 heteroatoms. The number of thiazole rings is 1. The van der Waals surface area contributed by atoms with E-state index in [2.05, 4.69) is 10.3 Å². The van der Waals surface area contributed by atoms with E-state index in [1.54, 1.807) is 35.6 Å². The Morgan fingerprint density at radius 1 is 1.22 bits per heavy atom. The van der Waals surface area contributed by atoms with E-state index in [1.165, 1.54) is 6.92 Å². The van der Waals surface area contributed by atoms with Crippen molar-refractivity contribution in [2.45, 2.75) is 25.9 Å². The molecular formula is C20H17N3O3S. The average Bonchev–Trinajstić information content (AvgIpc) is 3.10. The van der Waals surface area contributed by atoms with E-state index in [0.29, 0.717) is 17.7 Å². The molecule has 0 bridgehead atoms. The molecule has 6 nitrogen and oxygen atoms in total. The van der Waals surface area contributed by atoms with Crippen LogP contribution < -0.4 is 5.32 Å². The SMILES string of the molecule is C[C@@H](OC(=O)CCc1nc2ccccc2s1)C(=O)Nc1ccc(C#N)cc1. The number of fused-ring (bicyclic) bond motifs is 1. The maximum atomic E-state index is 12.1. The number of para-hydroxylation sites is 1. The fourth-order valence-electron chi connectivity index (χ4n) is 2.42. The minimum absolute atomic E-state index is 0.161. The Kier molecular flexibility index (Phi) is 5.79. The van der Waals surface area contributed by atoms with Crippen molar-refractivity contribution in [1.29, 1.82) is 5.26 Å². The quantitative estimate of drug-likeness (QED) is 0.660. The molecule has 1 atom stereocenters. The normalized spacial score (nSPS) is 11.6. The number of nitrogens with one attached hydrogen (secondary N) is 1. The number of anilines is 1. The van der Waals surface area contributed by atoms with Crippen LogP contribution in [-0.2, 0) is 20.7 Å². The molecule has 1 N–H and O–H groups in total. The summed E-state index contributed by atoms with van der Waals surface area (Å²) in [6.07, 6.45) is -0.278. The van der Waals surface area contributed by atoms with Gasteiger partial charge in [0.2, 0.25) is 0 Å². The van der Waals surface area contributed by atoms with Gasteiger partial charge < -0.3 is 10.1 Å². The van der Waals surface area contributed by atoms with E-state index in [1.807, 2.05) is 30.3 Å². The summed E-state index contributed by atoms with van der Waals surface area (Å²) in [5.41, 5.74) is 1.96. The largest absolute Gasteiger partial charge is 0.453 e. The molecule has 1 heterocycles. The number of ether oxygens (including phenoxy) is 1. The fraction of sp³-hybridized carbons (Fsp3) is 0.200. The Balaban J connectivity index is 1.48. The first-order valence-corrected chi connectivity index (χ1v) is 9.22. The third-order valence-corrected chi connectivity index (χ3v) is 4.94. The zero-order valence-electron chi connectivity index (χ0n) is 14.6. The van der Waals surface area contributed by atoms with Gasteiger partial charge in [-0.3, -0.25) is 9.59 Å². The first-order chi connectivity index (χ1) is 13.0. The van der Waals surface area contributed by atoms with Gasteiger partial charge in [0, 0.05) is 12.1 Å². The van der Waals surface area contributed by atoms with Gasteiger partial charge in [-0.2, -0.15) is 5.26 Å². The lowest BCUT2D eigenvalue weighted by molar-refractivity contribution is -0.153. The third-order valence-electron chi connectivity index (χ3n) is 3.84. The van der Waals surface area contributed by atoms with Gasteiger partial charge in [0.25, 0.3) is 5.91 Å². The maximum absolute atomic E-state index is 12.1. The van der Waals surface area contributed by atoms with Crippen LogP contribution in [0.15, 0.2) is 48.5 Å². The molecule has 27 heavy (non-hydrogen) atoms. The minimum Gasteiger partial charge on any atom is -0.453 e. The van der Waals surface area contributed by atoms with Crippen LogP contribution >= 0.6 is 11.3 Å². The van der Waals surface area contributed by atoms with Crippen molar-refractivity contribution in [3.63, 3.8) is 0 Å². The Labute approximate surface area is 160 Å². The predicted octanol–water partition coefficient (Wildman–Crippen LogP) is 3.67. The maximum Gasteiger partial charge on any atom is 0.306 e. The molecule has 0 saturated carbocycles.